The monoisotopic (exact) mass is 314 g/mol. The molecule has 0 saturated heterocycles. The summed E-state index contributed by atoms with van der Waals surface area (Å²) in [6.45, 7) is 4.05. The fourth-order valence-electron chi connectivity index (χ4n) is 2.39. The normalized spacial score (nSPS) is 16.2. The third kappa shape index (κ3) is 2.78. The van der Waals surface area contributed by atoms with Gasteiger partial charge in [-0.1, -0.05) is 42.5 Å². The van der Waals surface area contributed by atoms with Crippen LogP contribution in [-0.4, -0.2) is 12.5 Å². The minimum Gasteiger partial charge on any atom is -0.489 e. The Morgan fingerprint density at radius 1 is 1.23 bits per heavy atom. The second-order valence-electron chi connectivity index (χ2n) is 4.88. The van der Waals surface area contributed by atoms with Gasteiger partial charge in [0, 0.05) is 16.3 Å². The molecule has 0 bridgehead atoms. The Morgan fingerprint density at radius 3 is 2.86 bits per heavy atom. The molecule has 2 aromatic carbocycles. The van der Waals surface area contributed by atoms with Crippen LogP contribution < -0.4 is 15.4 Å². The number of amides is 1. The first kappa shape index (κ1) is 14.5. The van der Waals surface area contributed by atoms with Crippen molar-refractivity contribution < 1.29 is 9.53 Å². The number of hydrogen-bond acceptors (Lipinski definition) is 3. The zero-order valence-corrected chi connectivity index (χ0v) is 12.6. The van der Waals surface area contributed by atoms with Crippen LogP contribution in [0, 0.1) is 0 Å². The molecule has 1 aliphatic heterocycles. The van der Waals surface area contributed by atoms with Crippen molar-refractivity contribution in [3.63, 3.8) is 0 Å². The van der Waals surface area contributed by atoms with E-state index in [-0.39, 0.29) is 12.1 Å². The molecule has 5 heteroatoms. The number of nitrogens with one attached hydrogen (secondary N) is 2. The number of halogens is 1. The summed E-state index contributed by atoms with van der Waals surface area (Å²) in [5, 5.41) is 6.74. The van der Waals surface area contributed by atoms with Crippen molar-refractivity contribution in [2.45, 2.75) is 6.17 Å². The highest BCUT2D eigenvalue weighted by atomic mass is 35.5. The van der Waals surface area contributed by atoms with Gasteiger partial charge in [-0.25, -0.2) is 0 Å². The van der Waals surface area contributed by atoms with E-state index in [2.05, 4.69) is 17.2 Å². The first-order valence-corrected chi connectivity index (χ1v) is 7.26. The third-order valence-electron chi connectivity index (χ3n) is 3.39. The van der Waals surface area contributed by atoms with Crippen molar-refractivity contribution in [2.75, 3.05) is 11.9 Å². The van der Waals surface area contributed by atoms with Gasteiger partial charge >= 0.3 is 0 Å². The van der Waals surface area contributed by atoms with E-state index in [1.807, 2.05) is 24.3 Å². The molecule has 2 N–H and O–H groups in total. The Morgan fingerprint density at radius 2 is 2.05 bits per heavy atom. The summed E-state index contributed by atoms with van der Waals surface area (Å²) >= 11 is 5.94. The van der Waals surface area contributed by atoms with Crippen molar-refractivity contribution in [2.24, 2.45) is 0 Å². The fraction of sp³-hybridized carbons (Fsp3) is 0.118. The van der Waals surface area contributed by atoms with Gasteiger partial charge in [0.15, 0.2) is 0 Å². The van der Waals surface area contributed by atoms with Crippen LogP contribution in [-0.2, 0) is 0 Å². The molecule has 2 aromatic rings. The second kappa shape index (κ2) is 6.12. The molecular weight excluding hydrogens is 300 g/mol. The van der Waals surface area contributed by atoms with Crippen LogP contribution in [0.5, 0.6) is 5.75 Å². The molecule has 112 valence electrons. The molecule has 0 aliphatic carbocycles. The second-order valence-corrected chi connectivity index (χ2v) is 5.31. The largest absolute Gasteiger partial charge is 0.489 e. The van der Waals surface area contributed by atoms with Crippen LogP contribution in [0.2, 0.25) is 5.02 Å². The Balaban J connectivity index is 1.93. The average molecular weight is 315 g/mol. The van der Waals surface area contributed by atoms with Crippen LogP contribution >= 0.6 is 11.6 Å². The first-order chi connectivity index (χ1) is 10.7. The van der Waals surface area contributed by atoms with E-state index in [0.717, 1.165) is 11.3 Å². The van der Waals surface area contributed by atoms with Gasteiger partial charge in [-0.3, -0.25) is 4.79 Å². The Bertz CT molecular complexity index is 730. The summed E-state index contributed by atoms with van der Waals surface area (Å²) in [6, 6.07) is 12.8. The maximum Gasteiger partial charge on any atom is 0.255 e. The van der Waals surface area contributed by atoms with Gasteiger partial charge in [0.05, 0.1) is 5.56 Å². The Labute approximate surface area is 133 Å². The third-order valence-corrected chi connectivity index (χ3v) is 3.62. The predicted molar refractivity (Wildman–Crippen MR) is 87.4 cm³/mol. The molecule has 0 aromatic heterocycles. The quantitative estimate of drug-likeness (QED) is 0.845. The van der Waals surface area contributed by atoms with Crippen molar-refractivity contribution in [1.29, 1.82) is 0 Å². The zero-order valence-electron chi connectivity index (χ0n) is 11.8. The first-order valence-electron chi connectivity index (χ1n) is 6.88. The Hall–Kier alpha value is -2.46. The van der Waals surface area contributed by atoms with Crippen molar-refractivity contribution in [3.05, 3.63) is 71.3 Å². The van der Waals surface area contributed by atoms with Crippen molar-refractivity contribution in [3.8, 4) is 5.75 Å². The van der Waals surface area contributed by atoms with Crippen molar-refractivity contribution >= 4 is 23.2 Å². The summed E-state index contributed by atoms with van der Waals surface area (Å²) in [5.74, 6) is 0.539. The molecule has 3 rings (SSSR count). The molecule has 1 unspecified atom stereocenters. The van der Waals surface area contributed by atoms with E-state index < -0.39 is 0 Å². The number of fused-ring (bicyclic) bond motifs is 1. The average Bonchev–Trinajstić information content (AvgIpc) is 2.53. The van der Waals surface area contributed by atoms with E-state index in [0.29, 0.717) is 22.9 Å². The molecule has 0 radical (unpaired) electrons. The summed E-state index contributed by atoms with van der Waals surface area (Å²) in [7, 11) is 0. The van der Waals surface area contributed by atoms with Gasteiger partial charge in [0.2, 0.25) is 0 Å². The number of anilines is 1. The van der Waals surface area contributed by atoms with E-state index in [4.69, 9.17) is 16.3 Å². The van der Waals surface area contributed by atoms with Crippen LogP contribution in [0.4, 0.5) is 5.69 Å². The highest BCUT2D eigenvalue weighted by Gasteiger charge is 2.26. The Kier molecular flexibility index (Phi) is 4.02. The van der Waals surface area contributed by atoms with Gasteiger partial charge in [0.25, 0.3) is 5.91 Å². The molecule has 22 heavy (non-hydrogen) atoms. The number of carbonyl (C=O) groups is 1. The van der Waals surface area contributed by atoms with E-state index in [1.165, 1.54) is 0 Å². The highest BCUT2D eigenvalue weighted by Crippen LogP contribution is 2.32. The minimum atomic E-state index is -0.359. The molecule has 0 saturated carbocycles. The molecule has 1 aliphatic rings. The fourth-order valence-corrected chi connectivity index (χ4v) is 2.56. The van der Waals surface area contributed by atoms with Gasteiger partial charge in [-0.2, -0.15) is 0 Å². The minimum absolute atomic E-state index is 0.167. The van der Waals surface area contributed by atoms with E-state index in [9.17, 15) is 4.79 Å². The number of rotatable bonds is 4. The lowest BCUT2D eigenvalue weighted by Crippen LogP contribution is -2.38. The van der Waals surface area contributed by atoms with Gasteiger partial charge in [-0.15, -0.1) is 0 Å². The maximum atomic E-state index is 12.3. The summed E-state index contributed by atoms with van der Waals surface area (Å²) in [4.78, 5) is 12.3. The van der Waals surface area contributed by atoms with Gasteiger partial charge in [-0.05, 0) is 24.3 Å². The van der Waals surface area contributed by atoms with Gasteiger partial charge in [0.1, 0.15) is 18.5 Å². The molecule has 1 atom stereocenters. The zero-order chi connectivity index (χ0) is 15.5. The maximum absolute atomic E-state index is 12.3. The predicted octanol–water partition coefficient (Wildman–Crippen LogP) is 3.76. The van der Waals surface area contributed by atoms with Crippen LogP contribution in [0.25, 0.3) is 0 Å². The van der Waals surface area contributed by atoms with E-state index in [1.54, 1.807) is 24.3 Å². The number of benzene rings is 2. The van der Waals surface area contributed by atoms with Crippen LogP contribution in [0.3, 0.4) is 0 Å². The molecule has 1 amide bonds. The lowest BCUT2D eigenvalue weighted by molar-refractivity contribution is 0.0935. The molecular formula is C17H15ClN2O2. The molecule has 4 nitrogen and oxygen atoms in total. The summed E-state index contributed by atoms with van der Waals surface area (Å²) in [6.07, 6.45) is 1.32. The SMILES string of the molecule is C=CCOc1ccccc1C1NC(=O)c2cc(Cl)ccc2N1. The summed E-state index contributed by atoms with van der Waals surface area (Å²) in [5.41, 5.74) is 2.14. The van der Waals surface area contributed by atoms with Crippen LogP contribution in [0.15, 0.2) is 55.1 Å². The number of carbonyl (C=O) groups excluding carboxylic acids is 1. The van der Waals surface area contributed by atoms with Crippen molar-refractivity contribution in [1.82, 2.24) is 5.32 Å². The molecule has 0 spiro atoms. The lowest BCUT2D eigenvalue weighted by atomic mass is 10.1. The highest BCUT2D eigenvalue weighted by molar-refractivity contribution is 6.31. The number of hydrogen-bond donors (Lipinski definition) is 2. The summed E-state index contributed by atoms with van der Waals surface area (Å²) < 4.78 is 5.65. The number of para-hydroxylation sites is 1. The van der Waals surface area contributed by atoms with Gasteiger partial charge < -0.3 is 15.4 Å². The van der Waals surface area contributed by atoms with E-state index >= 15 is 0 Å². The number of ether oxygens (including phenoxy) is 1. The lowest BCUT2D eigenvalue weighted by Gasteiger charge is -2.29. The standard InChI is InChI=1S/C17H15ClN2O2/c1-2-9-22-15-6-4-3-5-12(15)16-19-14-8-7-11(18)10-13(14)17(21)20-16/h2-8,10,16,19H,1,9H2,(H,20,21). The van der Waals surface area contributed by atoms with Crippen LogP contribution in [0.1, 0.15) is 22.1 Å². The molecule has 0 fully saturated rings. The topological polar surface area (TPSA) is 50.4 Å². The smallest absolute Gasteiger partial charge is 0.255 e. The molecule has 1 heterocycles.